The van der Waals surface area contributed by atoms with Gasteiger partial charge in [0.05, 0.1) is 1.37 Å². The molecule has 0 aromatic heterocycles. The summed E-state index contributed by atoms with van der Waals surface area (Å²) >= 11 is 0. The van der Waals surface area contributed by atoms with Crippen molar-refractivity contribution in [3.05, 3.63) is 0 Å². The maximum atomic E-state index is 11.9. The van der Waals surface area contributed by atoms with E-state index in [0.29, 0.717) is 0 Å². The summed E-state index contributed by atoms with van der Waals surface area (Å²) in [5.41, 5.74) is 0. The molecule has 1 aliphatic rings. The first-order valence-corrected chi connectivity index (χ1v) is 5.05. The molecule has 0 aromatic rings. The molecule has 1 heterocycles. The highest BCUT2D eigenvalue weighted by Gasteiger charge is 2.35. The van der Waals surface area contributed by atoms with Crippen LogP contribution in [-0.2, 0) is 9.59 Å². The van der Waals surface area contributed by atoms with Gasteiger partial charge in [0.15, 0.2) is 0 Å². The number of hydrogen-bond acceptors (Lipinski definition) is 2. The molecule has 1 rings (SSSR count). The average molecular weight is 215 g/mol. The lowest BCUT2D eigenvalue weighted by molar-refractivity contribution is -0.138. The Balaban J connectivity index is 3.00. The van der Waals surface area contributed by atoms with Gasteiger partial charge in [-0.15, -0.1) is 0 Å². The third kappa shape index (κ3) is 2.94. The Labute approximate surface area is 95.0 Å². The SMILES string of the molecule is [2H][C@@H](C([2H])(C)C)[C@]1([2H])NC(=O)[C@H](C(C)C)NC1=O. The molecular weight excluding hydrogens is 192 g/mol. The summed E-state index contributed by atoms with van der Waals surface area (Å²) in [4.78, 5) is 23.8. The first-order chi connectivity index (χ1) is 8.00. The van der Waals surface area contributed by atoms with Crippen molar-refractivity contribution >= 4 is 11.8 Å². The summed E-state index contributed by atoms with van der Waals surface area (Å²) in [5.74, 6) is -2.61. The van der Waals surface area contributed by atoms with E-state index in [4.69, 9.17) is 4.11 Å². The zero-order valence-corrected chi connectivity index (χ0v) is 9.55. The second kappa shape index (κ2) is 4.64. The van der Waals surface area contributed by atoms with Gasteiger partial charge in [-0.25, -0.2) is 0 Å². The molecule has 0 aromatic carbocycles. The highest BCUT2D eigenvalue weighted by atomic mass is 16.2. The molecule has 0 saturated carbocycles. The van der Waals surface area contributed by atoms with Crippen molar-refractivity contribution in [3.63, 3.8) is 0 Å². The van der Waals surface area contributed by atoms with Gasteiger partial charge in [-0.1, -0.05) is 27.7 Å². The van der Waals surface area contributed by atoms with Gasteiger partial charge in [0, 0.05) is 2.74 Å². The van der Waals surface area contributed by atoms with Crippen molar-refractivity contribution in [2.45, 2.75) is 46.2 Å². The summed E-state index contributed by atoms with van der Waals surface area (Å²) in [6.45, 7) is 6.45. The van der Waals surface area contributed by atoms with Crippen molar-refractivity contribution < 1.29 is 13.7 Å². The number of piperazine rings is 1. The summed E-state index contributed by atoms with van der Waals surface area (Å²) in [5, 5.41) is 4.76. The van der Waals surface area contributed by atoms with Crippen molar-refractivity contribution in [1.29, 1.82) is 0 Å². The number of nitrogens with one attached hydrogen (secondary N) is 2. The predicted molar refractivity (Wildman–Crippen MR) is 58.2 cm³/mol. The van der Waals surface area contributed by atoms with Gasteiger partial charge in [0.25, 0.3) is 0 Å². The fraction of sp³-hybridized carbons (Fsp3) is 0.818. The van der Waals surface area contributed by atoms with Crippen LogP contribution < -0.4 is 10.6 Å². The normalized spacial score (nSPS) is 37.4. The summed E-state index contributed by atoms with van der Waals surface area (Å²) in [7, 11) is 0. The van der Waals surface area contributed by atoms with E-state index in [1.165, 1.54) is 13.8 Å². The molecule has 1 saturated heterocycles. The zero-order valence-electron chi connectivity index (χ0n) is 12.5. The first kappa shape index (κ1) is 8.13. The molecule has 0 radical (unpaired) electrons. The topological polar surface area (TPSA) is 58.2 Å². The molecule has 86 valence electrons. The highest BCUT2D eigenvalue weighted by Crippen LogP contribution is 2.12. The molecular formula is C11H20N2O2. The van der Waals surface area contributed by atoms with Crippen LogP contribution in [0.1, 0.15) is 38.2 Å². The van der Waals surface area contributed by atoms with Crippen LogP contribution >= 0.6 is 0 Å². The minimum Gasteiger partial charge on any atom is -0.343 e. The number of hydrogen-bond donors (Lipinski definition) is 2. The Hall–Kier alpha value is -1.06. The summed E-state index contributed by atoms with van der Waals surface area (Å²) in [6.07, 6.45) is -1.37. The van der Waals surface area contributed by atoms with Crippen LogP contribution in [0, 0.1) is 11.8 Å². The Morgan fingerprint density at radius 2 is 1.93 bits per heavy atom. The molecule has 1 aliphatic heterocycles. The number of carbonyl (C=O) groups is 2. The molecule has 0 spiro atoms. The third-order valence-corrected chi connectivity index (χ3v) is 2.17. The Morgan fingerprint density at radius 3 is 2.40 bits per heavy atom. The molecule has 0 bridgehead atoms. The minimum absolute atomic E-state index is 0.0910. The fourth-order valence-electron chi connectivity index (χ4n) is 1.41. The first-order valence-electron chi connectivity index (χ1n) is 6.63. The summed E-state index contributed by atoms with van der Waals surface area (Å²) < 4.78 is 23.6. The van der Waals surface area contributed by atoms with E-state index < -0.39 is 36.2 Å². The molecule has 4 heteroatoms. The van der Waals surface area contributed by atoms with Crippen molar-refractivity contribution in [3.8, 4) is 0 Å². The van der Waals surface area contributed by atoms with Crippen molar-refractivity contribution in [2.75, 3.05) is 0 Å². The van der Waals surface area contributed by atoms with Crippen molar-refractivity contribution in [1.82, 2.24) is 10.6 Å². The van der Waals surface area contributed by atoms with Crippen LogP contribution in [-0.4, -0.2) is 23.9 Å². The van der Waals surface area contributed by atoms with E-state index in [-0.39, 0.29) is 5.92 Å². The molecule has 0 aliphatic carbocycles. The van der Waals surface area contributed by atoms with E-state index in [9.17, 15) is 9.59 Å². The smallest absolute Gasteiger partial charge is 0.243 e. The Bertz CT molecular complexity index is 368. The fourth-order valence-corrected chi connectivity index (χ4v) is 1.41. The molecule has 2 amide bonds. The third-order valence-electron chi connectivity index (χ3n) is 2.17. The molecule has 15 heavy (non-hydrogen) atoms. The van der Waals surface area contributed by atoms with Crippen LogP contribution in [0.5, 0.6) is 0 Å². The van der Waals surface area contributed by atoms with E-state index >= 15 is 0 Å². The molecule has 2 N–H and O–H groups in total. The second-order valence-electron chi connectivity index (χ2n) is 4.32. The number of carbonyl (C=O) groups excluding carboxylic acids is 2. The lowest BCUT2D eigenvalue weighted by Crippen LogP contribution is -2.63. The maximum absolute atomic E-state index is 11.9. The largest absolute Gasteiger partial charge is 0.343 e. The van der Waals surface area contributed by atoms with E-state index in [0.717, 1.165) is 0 Å². The molecule has 1 fully saturated rings. The minimum atomic E-state index is -2.10. The zero-order chi connectivity index (χ0) is 14.3. The Kier molecular flexibility index (Phi) is 2.52. The van der Waals surface area contributed by atoms with Crippen LogP contribution in [0.2, 0.25) is 0 Å². The van der Waals surface area contributed by atoms with Gasteiger partial charge in [-0.2, -0.15) is 0 Å². The van der Waals surface area contributed by atoms with E-state index in [1.54, 1.807) is 13.8 Å². The van der Waals surface area contributed by atoms with Crippen LogP contribution in [0.15, 0.2) is 0 Å². The maximum Gasteiger partial charge on any atom is 0.243 e. The molecule has 3 atom stereocenters. The van der Waals surface area contributed by atoms with Crippen LogP contribution in [0.25, 0.3) is 0 Å². The predicted octanol–water partition coefficient (Wildman–Crippen LogP) is 0.672. The Morgan fingerprint density at radius 1 is 1.33 bits per heavy atom. The van der Waals surface area contributed by atoms with Gasteiger partial charge in [0.2, 0.25) is 11.8 Å². The van der Waals surface area contributed by atoms with E-state index in [2.05, 4.69) is 10.6 Å². The number of amides is 2. The lowest BCUT2D eigenvalue weighted by Gasteiger charge is -2.32. The molecule has 4 nitrogen and oxygen atoms in total. The lowest BCUT2D eigenvalue weighted by atomic mass is 9.96. The van der Waals surface area contributed by atoms with Gasteiger partial charge >= 0.3 is 0 Å². The van der Waals surface area contributed by atoms with Crippen LogP contribution in [0.3, 0.4) is 0 Å². The van der Waals surface area contributed by atoms with E-state index in [1.807, 2.05) is 0 Å². The van der Waals surface area contributed by atoms with Crippen LogP contribution in [0.4, 0.5) is 0 Å². The van der Waals surface area contributed by atoms with Gasteiger partial charge in [0.1, 0.15) is 12.1 Å². The van der Waals surface area contributed by atoms with Gasteiger partial charge in [-0.3, -0.25) is 9.59 Å². The quantitative estimate of drug-likeness (QED) is 0.727. The second-order valence-corrected chi connectivity index (χ2v) is 4.32. The standard InChI is InChI=1S/C11H20N2O2/c1-6(2)5-8-10(14)13-9(7(3)4)11(15)12-8/h6-9H,5H2,1-4H3,(H,12,15)(H,13,14)/t8-,9-/m0/s1/i5D,6D,8D/t5-,8-,9-. The highest BCUT2D eigenvalue weighted by molar-refractivity contribution is 5.97. The average Bonchev–Trinajstić information content (AvgIpc) is 2.20. The van der Waals surface area contributed by atoms with Crippen molar-refractivity contribution in [2.24, 2.45) is 11.8 Å². The monoisotopic (exact) mass is 215 g/mol. The summed E-state index contributed by atoms with van der Waals surface area (Å²) in [6, 6.07) is -2.79. The van der Waals surface area contributed by atoms with Gasteiger partial charge in [-0.05, 0) is 18.2 Å². The molecule has 0 unspecified atom stereocenters. The van der Waals surface area contributed by atoms with Gasteiger partial charge < -0.3 is 10.6 Å². The number of rotatable bonds is 3.